The summed E-state index contributed by atoms with van der Waals surface area (Å²) in [5.74, 6) is -3.36. The number of carbonyl (C=O) groups is 4. The Morgan fingerprint density at radius 1 is 0.971 bits per heavy atom. The quantitative estimate of drug-likeness (QED) is 0.206. The number of amides is 3. The maximum Gasteiger partial charge on any atom is 0.326 e. The van der Waals surface area contributed by atoms with Crippen molar-refractivity contribution in [1.29, 1.82) is 0 Å². The Morgan fingerprint density at radius 3 is 2.17 bits per heavy atom. The zero-order chi connectivity index (χ0) is 26.1. The van der Waals surface area contributed by atoms with Gasteiger partial charge in [-0.25, -0.2) is 9.78 Å². The third kappa shape index (κ3) is 8.41. The van der Waals surface area contributed by atoms with Gasteiger partial charge in [0.2, 0.25) is 17.7 Å². The van der Waals surface area contributed by atoms with Crippen LogP contribution in [0.15, 0.2) is 36.8 Å². The highest BCUT2D eigenvalue weighted by Gasteiger charge is 2.30. The van der Waals surface area contributed by atoms with Gasteiger partial charge in [-0.3, -0.25) is 14.4 Å². The molecule has 0 aliphatic heterocycles. The average molecular weight is 489 g/mol. The van der Waals surface area contributed by atoms with Crippen LogP contribution in [0.2, 0.25) is 0 Å². The van der Waals surface area contributed by atoms with Crippen LogP contribution in [0.5, 0.6) is 5.75 Å². The summed E-state index contributed by atoms with van der Waals surface area (Å²) in [6.45, 7) is 4.87. The number of phenols is 1. The highest BCUT2D eigenvalue weighted by atomic mass is 16.4. The van der Waals surface area contributed by atoms with E-state index in [1.165, 1.54) is 25.4 Å². The number of hydrogen-bond acceptors (Lipinski definition) is 7. The van der Waals surface area contributed by atoms with Crippen LogP contribution >= 0.6 is 0 Å². The van der Waals surface area contributed by atoms with Gasteiger partial charge in [-0.15, -0.1) is 0 Å². The molecule has 2 aromatic rings. The lowest BCUT2D eigenvalue weighted by Gasteiger charge is -2.25. The van der Waals surface area contributed by atoms with Gasteiger partial charge >= 0.3 is 5.97 Å². The number of imidazole rings is 1. The van der Waals surface area contributed by atoms with Gasteiger partial charge < -0.3 is 36.9 Å². The van der Waals surface area contributed by atoms with E-state index in [9.17, 15) is 29.4 Å². The van der Waals surface area contributed by atoms with Crippen molar-refractivity contribution in [3.63, 3.8) is 0 Å². The normalized spacial score (nSPS) is 14.4. The molecule has 0 spiro atoms. The molecule has 12 heteroatoms. The second kappa shape index (κ2) is 12.5. The Hall–Kier alpha value is -3.93. The molecule has 3 amide bonds. The minimum Gasteiger partial charge on any atom is -0.508 e. The zero-order valence-electron chi connectivity index (χ0n) is 19.8. The van der Waals surface area contributed by atoms with Crippen molar-refractivity contribution in [1.82, 2.24) is 25.9 Å². The molecular weight excluding hydrogens is 456 g/mol. The summed E-state index contributed by atoms with van der Waals surface area (Å²) in [6.07, 6.45) is 3.21. The molecule has 0 radical (unpaired) electrons. The Kier molecular flexibility index (Phi) is 9.76. The first-order chi connectivity index (χ1) is 16.5. The van der Waals surface area contributed by atoms with Crippen LogP contribution in [-0.4, -0.2) is 68.0 Å². The Bertz CT molecular complexity index is 1010. The predicted octanol–water partition coefficient (Wildman–Crippen LogP) is -0.557. The van der Waals surface area contributed by atoms with Crippen LogP contribution in [0.4, 0.5) is 0 Å². The van der Waals surface area contributed by atoms with Crippen molar-refractivity contribution in [2.45, 2.75) is 57.8 Å². The highest BCUT2D eigenvalue weighted by Crippen LogP contribution is 2.12. The highest BCUT2D eigenvalue weighted by molar-refractivity contribution is 5.94. The third-order valence-corrected chi connectivity index (χ3v) is 5.32. The van der Waals surface area contributed by atoms with Crippen LogP contribution in [0, 0.1) is 5.92 Å². The van der Waals surface area contributed by atoms with Crippen LogP contribution in [0.25, 0.3) is 0 Å². The van der Waals surface area contributed by atoms with Gasteiger partial charge in [0.05, 0.1) is 12.4 Å². The molecule has 0 fully saturated rings. The summed E-state index contributed by atoms with van der Waals surface area (Å²) in [4.78, 5) is 56.3. The van der Waals surface area contributed by atoms with Gasteiger partial charge in [0.15, 0.2) is 0 Å². The maximum atomic E-state index is 12.8. The van der Waals surface area contributed by atoms with Crippen molar-refractivity contribution < 1.29 is 29.4 Å². The Morgan fingerprint density at radius 2 is 1.63 bits per heavy atom. The topological polar surface area (TPSA) is 200 Å². The van der Waals surface area contributed by atoms with E-state index in [2.05, 4.69) is 25.9 Å². The van der Waals surface area contributed by atoms with Crippen molar-refractivity contribution in [2.75, 3.05) is 0 Å². The van der Waals surface area contributed by atoms with E-state index < -0.39 is 47.9 Å². The fraction of sp³-hybridized carbons (Fsp3) is 0.435. The number of nitrogens with zero attached hydrogens (tertiary/aromatic N) is 1. The first-order valence-electron chi connectivity index (χ1n) is 11.1. The molecule has 190 valence electrons. The van der Waals surface area contributed by atoms with E-state index in [0.29, 0.717) is 11.3 Å². The monoisotopic (exact) mass is 488 g/mol. The summed E-state index contributed by atoms with van der Waals surface area (Å²) in [6, 6.07) is 1.75. The largest absolute Gasteiger partial charge is 0.508 e. The van der Waals surface area contributed by atoms with E-state index in [0.717, 1.165) is 0 Å². The fourth-order valence-corrected chi connectivity index (χ4v) is 3.25. The smallest absolute Gasteiger partial charge is 0.326 e. The van der Waals surface area contributed by atoms with Crippen molar-refractivity contribution >= 4 is 23.7 Å². The second-order valence-electron chi connectivity index (χ2n) is 8.62. The molecule has 8 N–H and O–H groups in total. The van der Waals surface area contributed by atoms with E-state index in [1.807, 2.05) is 0 Å². The van der Waals surface area contributed by atoms with E-state index >= 15 is 0 Å². The first-order valence-corrected chi connectivity index (χ1v) is 11.1. The molecule has 1 aromatic carbocycles. The molecule has 4 atom stereocenters. The molecule has 0 aliphatic rings. The molecule has 2 rings (SSSR count). The van der Waals surface area contributed by atoms with E-state index in [4.69, 9.17) is 5.73 Å². The minimum atomic E-state index is -1.25. The molecule has 0 saturated carbocycles. The third-order valence-electron chi connectivity index (χ3n) is 5.32. The number of aromatic amines is 1. The Labute approximate surface area is 202 Å². The minimum absolute atomic E-state index is 0.0130. The van der Waals surface area contributed by atoms with Crippen LogP contribution in [0.1, 0.15) is 32.0 Å². The lowest BCUT2D eigenvalue weighted by molar-refractivity contribution is -0.142. The summed E-state index contributed by atoms with van der Waals surface area (Å²) < 4.78 is 0. The molecule has 1 aromatic heterocycles. The first kappa shape index (κ1) is 27.3. The number of aromatic hydroxyl groups is 1. The zero-order valence-corrected chi connectivity index (χ0v) is 19.8. The van der Waals surface area contributed by atoms with Crippen LogP contribution in [-0.2, 0) is 32.0 Å². The number of carbonyl (C=O) groups excluding carboxylic acids is 3. The van der Waals surface area contributed by atoms with Crippen molar-refractivity contribution in [3.05, 3.63) is 48.0 Å². The molecule has 1 heterocycles. The maximum absolute atomic E-state index is 12.8. The van der Waals surface area contributed by atoms with E-state index in [1.54, 1.807) is 32.2 Å². The summed E-state index contributed by atoms with van der Waals surface area (Å²) in [5, 5.41) is 26.4. The number of nitrogens with one attached hydrogen (secondary N) is 4. The standard InChI is InChI=1S/C23H32N6O6/c1-12(2)19(29-21(32)17(24)9-15-10-25-11-26-15)22(33)27-13(3)20(31)28-18(23(34)35)8-14-4-6-16(30)7-5-14/h4-7,10-13,17-19,30H,8-9,24H2,1-3H3,(H,25,26)(H,27,33)(H,28,31)(H,29,32)(H,34,35). The van der Waals surface area contributed by atoms with Gasteiger partial charge in [-0.2, -0.15) is 0 Å². The van der Waals surface area contributed by atoms with Crippen molar-refractivity contribution in [3.8, 4) is 5.75 Å². The molecule has 35 heavy (non-hydrogen) atoms. The van der Waals surface area contributed by atoms with Gasteiger partial charge in [0.1, 0.15) is 23.9 Å². The number of nitrogens with two attached hydrogens (primary N) is 1. The molecule has 12 nitrogen and oxygen atoms in total. The fourth-order valence-electron chi connectivity index (χ4n) is 3.25. The number of H-pyrrole nitrogens is 1. The number of carboxylic acid groups (broad SMARTS) is 1. The predicted molar refractivity (Wildman–Crippen MR) is 126 cm³/mol. The Balaban J connectivity index is 1.95. The molecule has 0 saturated heterocycles. The summed E-state index contributed by atoms with van der Waals surface area (Å²) in [7, 11) is 0. The van der Waals surface area contributed by atoms with Gasteiger partial charge in [0, 0.05) is 24.7 Å². The van der Waals surface area contributed by atoms with Crippen LogP contribution in [0.3, 0.4) is 0 Å². The number of aliphatic carboxylic acids is 1. The number of aromatic nitrogens is 2. The average Bonchev–Trinajstić information content (AvgIpc) is 3.30. The molecular formula is C23H32N6O6. The van der Waals surface area contributed by atoms with Gasteiger partial charge in [0.25, 0.3) is 0 Å². The van der Waals surface area contributed by atoms with E-state index in [-0.39, 0.29) is 24.5 Å². The van der Waals surface area contributed by atoms with Crippen LogP contribution < -0.4 is 21.7 Å². The molecule has 4 unspecified atom stereocenters. The van der Waals surface area contributed by atoms with Gasteiger partial charge in [-0.05, 0) is 30.5 Å². The summed E-state index contributed by atoms with van der Waals surface area (Å²) >= 11 is 0. The number of carboxylic acids is 1. The van der Waals surface area contributed by atoms with Gasteiger partial charge in [-0.1, -0.05) is 26.0 Å². The SMILES string of the molecule is CC(NC(=O)C(NC(=O)C(N)Cc1cnc[nH]1)C(C)C)C(=O)NC(Cc1ccc(O)cc1)C(=O)O. The lowest BCUT2D eigenvalue weighted by atomic mass is 10.0. The lowest BCUT2D eigenvalue weighted by Crippen LogP contribution is -2.58. The number of phenolic OH excluding ortho intramolecular Hbond substituents is 1. The second-order valence-corrected chi connectivity index (χ2v) is 8.62. The summed E-state index contributed by atoms with van der Waals surface area (Å²) in [5.41, 5.74) is 7.20. The van der Waals surface area contributed by atoms with Crippen molar-refractivity contribution in [2.24, 2.45) is 11.7 Å². The molecule has 0 aliphatic carbocycles. The number of benzene rings is 1. The number of rotatable bonds is 12. The molecule has 0 bridgehead atoms. The number of hydrogen-bond donors (Lipinski definition) is 7.